The SMILES string of the molecule is Cc1ccc(CNC(=O)C(C)(C)C(=O)N2CCN(c3ccccn3)CC2)cc1. The van der Waals surface area contributed by atoms with Crippen molar-refractivity contribution in [2.45, 2.75) is 27.3 Å². The number of hydrogen-bond acceptors (Lipinski definition) is 4. The second-order valence-electron chi connectivity index (χ2n) is 7.76. The van der Waals surface area contributed by atoms with Crippen molar-refractivity contribution in [1.82, 2.24) is 15.2 Å². The van der Waals surface area contributed by atoms with Crippen LogP contribution in [0.15, 0.2) is 48.7 Å². The Kier molecular flexibility index (Phi) is 5.97. The van der Waals surface area contributed by atoms with Gasteiger partial charge < -0.3 is 15.1 Å². The fraction of sp³-hybridized carbons (Fsp3) is 0.409. The first-order valence-electron chi connectivity index (χ1n) is 9.67. The molecule has 1 saturated heterocycles. The molecule has 0 radical (unpaired) electrons. The number of benzene rings is 1. The first-order valence-corrected chi connectivity index (χ1v) is 9.67. The lowest BCUT2D eigenvalue weighted by Gasteiger charge is -2.38. The quantitative estimate of drug-likeness (QED) is 0.809. The summed E-state index contributed by atoms with van der Waals surface area (Å²) in [6, 6.07) is 13.8. The van der Waals surface area contributed by atoms with Gasteiger partial charge >= 0.3 is 0 Å². The minimum Gasteiger partial charge on any atom is -0.353 e. The van der Waals surface area contributed by atoms with Gasteiger partial charge in [0.1, 0.15) is 11.2 Å². The van der Waals surface area contributed by atoms with Gasteiger partial charge in [-0.3, -0.25) is 9.59 Å². The third kappa shape index (κ3) is 4.50. The molecule has 6 nitrogen and oxygen atoms in total. The zero-order valence-electron chi connectivity index (χ0n) is 16.8. The summed E-state index contributed by atoms with van der Waals surface area (Å²) in [5, 5.41) is 2.91. The smallest absolute Gasteiger partial charge is 0.237 e. The molecule has 0 saturated carbocycles. The highest BCUT2D eigenvalue weighted by Gasteiger charge is 2.39. The van der Waals surface area contributed by atoms with Gasteiger partial charge in [-0.2, -0.15) is 0 Å². The zero-order chi connectivity index (χ0) is 20.1. The molecule has 1 aromatic carbocycles. The number of anilines is 1. The van der Waals surface area contributed by atoms with Crippen LogP contribution in [0.25, 0.3) is 0 Å². The molecule has 0 spiro atoms. The van der Waals surface area contributed by atoms with Crippen LogP contribution >= 0.6 is 0 Å². The molecule has 1 aromatic heterocycles. The number of carbonyl (C=O) groups is 2. The molecule has 2 heterocycles. The first-order chi connectivity index (χ1) is 13.4. The third-order valence-corrected chi connectivity index (χ3v) is 5.22. The number of pyridine rings is 1. The summed E-state index contributed by atoms with van der Waals surface area (Å²) in [4.78, 5) is 34.0. The van der Waals surface area contributed by atoms with Crippen LogP contribution in [0.2, 0.25) is 0 Å². The number of piperazine rings is 1. The van der Waals surface area contributed by atoms with E-state index < -0.39 is 5.41 Å². The molecule has 6 heteroatoms. The minimum atomic E-state index is -1.10. The summed E-state index contributed by atoms with van der Waals surface area (Å²) in [6.45, 7) is 8.44. The van der Waals surface area contributed by atoms with Crippen LogP contribution in [0.1, 0.15) is 25.0 Å². The van der Waals surface area contributed by atoms with E-state index in [1.54, 1.807) is 24.9 Å². The predicted octanol–water partition coefficient (Wildman–Crippen LogP) is 2.38. The number of aryl methyl sites for hydroxylation is 1. The van der Waals surface area contributed by atoms with Crippen molar-refractivity contribution in [3.8, 4) is 0 Å². The van der Waals surface area contributed by atoms with Crippen LogP contribution < -0.4 is 10.2 Å². The molecule has 28 heavy (non-hydrogen) atoms. The second kappa shape index (κ2) is 8.42. The lowest BCUT2D eigenvalue weighted by molar-refractivity contribution is -0.148. The maximum absolute atomic E-state index is 13.0. The predicted molar refractivity (Wildman–Crippen MR) is 110 cm³/mol. The summed E-state index contributed by atoms with van der Waals surface area (Å²) >= 11 is 0. The molecule has 2 aromatic rings. The number of rotatable bonds is 5. The Morgan fingerprint density at radius 1 is 1.04 bits per heavy atom. The van der Waals surface area contributed by atoms with Crippen molar-refractivity contribution in [3.05, 3.63) is 59.8 Å². The highest BCUT2D eigenvalue weighted by Crippen LogP contribution is 2.22. The summed E-state index contributed by atoms with van der Waals surface area (Å²) < 4.78 is 0. The first kappa shape index (κ1) is 19.9. The van der Waals surface area contributed by atoms with Crippen LogP contribution in [0, 0.1) is 12.3 Å². The van der Waals surface area contributed by atoms with Gasteiger partial charge in [-0.25, -0.2) is 4.98 Å². The highest BCUT2D eigenvalue weighted by atomic mass is 16.2. The Morgan fingerprint density at radius 2 is 1.71 bits per heavy atom. The Morgan fingerprint density at radius 3 is 2.32 bits per heavy atom. The van der Waals surface area contributed by atoms with Crippen molar-refractivity contribution >= 4 is 17.6 Å². The Balaban J connectivity index is 1.55. The molecular weight excluding hydrogens is 352 g/mol. The molecule has 1 fully saturated rings. The number of amides is 2. The molecule has 148 valence electrons. The van der Waals surface area contributed by atoms with Gasteiger partial charge in [0.15, 0.2) is 0 Å². The number of nitrogens with one attached hydrogen (secondary N) is 1. The standard InChI is InChI=1S/C22H28N4O2/c1-17-7-9-18(10-8-17)16-24-20(27)22(2,3)21(28)26-14-12-25(13-15-26)19-6-4-5-11-23-19/h4-11H,12-16H2,1-3H3,(H,24,27). The van der Waals surface area contributed by atoms with Gasteiger partial charge in [0.05, 0.1) is 0 Å². The van der Waals surface area contributed by atoms with Gasteiger partial charge in [-0.1, -0.05) is 35.9 Å². The molecular formula is C22H28N4O2. The van der Waals surface area contributed by atoms with Crippen LogP contribution in [-0.4, -0.2) is 47.9 Å². The average molecular weight is 380 g/mol. The maximum atomic E-state index is 13.0. The Hall–Kier alpha value is -2.89. The zero-order valence-corrected chi connectivity index (χ0v) is 16.8. The van der Waals surface area contributed by atoms with E-state index in [1.165, 1.54) is 5.56 Å². The molecule has 1 aliphatic heterocycles. The van der Waals surface area contributed by atoms with Crippen molar-refractivity contribution in [2.24, 2.45) is 5.41 Å². The van der Waals surface area contributed by atoms with Crippen LogP contribution in [0.3, 0.4) is 0 Å². The number of carbonyl (C=O) groups excluding carboxylic acids is 2. The lowest BCUT2D eigenvalue weighted by atomic mass is 9.89. The topological polar surface area (TPSA) is 65.5 Å². The molecule has 0 bridgehead atoms. The van der Waals surface area contributed by atoms with E-state index in [1.807, 2.05) is 49.4 Å². The van der Waals surface area contributed by atoms with E-state index in [-0.39, 0.29) is 11.8 Å². The van der Waals surface area contributed by atoms with Crippen LogP contribution in [0.5, 0.6) is 0 Å². The van der Waals surface area contributed by atoms with Gasteiger partial charge in [0.2, 0.25) is 11.8 Å². The number of hydrogen-bond donors (Lipinski definition) is 1. The Bertz CT molecular complexity index is 810. The van der Waals surface area contributed by atoms with Crippen LogP contribution in [-0.2, 0) is 16.1 Å². The van der Waals surface area contributed by atoms with Crippen LogP contribution in [0.4, 0.5) is 5.82 Å². The minimum absolute atomic E-state index is 0.130. The second-order valence-corrected chi connectivity index (χ2v) is 7.76. The third-order valence-electron chi connectivity index (χ3n) is 5.22. The summed E-state index contributed by atoms with van der Waals surface area (Å²) in [5.41, 5.74) is 1.10. The normalized spacial score (nSPS) is 14.7. The van der Waals surface area contributed by atoms with Crippen molar-refractivity contribution < 1.29 is 9.59 Å². The van der Waals surface area contributed by atoms with E-state index in [9.17, 15) is 9.59 Å². The number of aromatic nitrogens is 1. The van der Waals surface area contributed by atoms with Gasteiger partial charge in [0, 0.05) is 38.9 Å². The monoisotopic (exact) mass is 380 g/mol. The Labute approximate surface area is 166 Å². The van der Waals surface area contributed by atoms with E-state index >= 15 is 0 Å². The average Bonchev–Trinajstić information content (AvgIpc) is 2.73. The largest absolute Gasteiger partial charge is 0.353 e. The molecule has 3 rings (SSSR count). The molecule has 0 unspecified atom stereocenters. The van der Waals surface area contributed by atoms with Crippen molar-refractivity contribution in [1.29, 1.82) is 0 Å². The van der Waals surface area contributed by atoms with E-state index in [0.29, 0.717) is 32.7 Å². The van der Waals surface area contributed by atoms with Gasteiger partial charge in [0.25, 0.3) is 0 Å². The number of nitrogens with zero attached hydrogens (tertiary/aromatic N) is 3. The van der Waals surface area contributed by atoms with Gasteiger partial charge in [-0.05, 0) is 38.5 Å². The van der Waals surface area contributed by atoms with E-state index in [0.717, 1.165) is 11.4 Å². The maximum Gasteiger partial charge on any atom is 0.237 e. The highest BCUT2D eigenvalue weighted by molar-refractivity contribution is 6.04. The van der Waals surface area contributed by atoms with Gasteiger partial charge in [-0.15, -0.1) is 0 Å². The summed E-state index contributed by atoms with van der Waals surface area (Å²) in [7, 11) is 0. The molecule has 0 atom stereocenters. The molecule has 1 N–H and O–H groups in total. The van der Waals surface area contributed by atoms with E-state index in [4.69, 9.17) is 0 Å². The van der Waals surface area contributed by atoms with Crippen molar-refractivity contribution in [3.63, 3.8) is 0 Å². The lowest BCUT2D eigenvalue weighted by Crippen LogP contribution is -2.55. The summed E-state index contributed by atoms with van der Waals surface area (Å²) in [6.07, 6.45) is 1.77. The van der Waals surface area contributed by atoms with Crippen molar-refractivity contribution in [2.75, 3.05) is 31.1 Å². The molecule has 2 amide bonds. The van der Waals surface area contributed by atoms with E-state index in [2.05, 4.69) is 15.2 Å². The fourth-order valence-corrected chi connectivity index (χ4v) is 3.28. The molecule has 1 aliphatic rings. The summed E-state index contributed by atoms with van der Waals surface area (Å²) in [5.74, 6) is 0.546. The molecule has 0 aliphatic carbocycles. The fourth-order valence-electron chi connectivity index (χ4n) is 3.28.